The third kappa shape index (κ3) is 10.4. The number of piperidine rings is 1. The maximum absolute atomic E-state index is 13.2. The molecule has 0 radical (unpaired) electrons. The monoisotopic (exact) mass is 514 g/mol. The van der Waals surface area contributed by atoms with Crippen molar-refractivity contribution >= 4 is 18.1 Å². The highest BCUT2D eigenvalue weighted by atomic mass is 16.1. The molecule has 0 amide bonds. The number of nitriles is 2. The van der Waals surface area contributed by atoms with Gasteiger partial charge in [-0.15, -0.1) is 0 Å². The molecule has 38 heavy (non-hydrogen) atoms. The molecule has 3 N–H and O–H groups in total. The van der Waals surface area contributed by atoms with Crippen LogP contribution in [0.5, 0.6) is 0 Å². The van der Waals surface area contributed by atoms with Gasteiger partial charge >= 0.3 is 0 Å². The van der Waals surface area contributed by atoms with Crippen molar-refractivity contribution in [1.29, 1.82) is 10.5 Å². The summed E-state index contributed by atoms with van der Waals surface area (Å²) in [7, 11) is 3.83. The van der Waals surface area contributed by atoms with Gasteiger partial charge in [0.05, 0.1) is 29.8 Å². The van der Waals surface area contributed by atoms with Gasteiger partial charge < -0.3 is 15.8 Å². The predicted octanol–water partition coefficient (Wildman–Crippen LogP) is 2.24. The molecule has 0 aromatic heterocycles. The number of nitrogens with two attached hydrogens (primary N) is 1. The molecule has 1 fully saturated rings. The summed E-state index contributed by atoms with van der Waals surface area (Å²) in [6.45, 7) is 5.22. The Morgan fingerprint density at radius 1 is 1.11 bits per heavy atom. The van der Waals surface area contributed by atoms with Gasteiger partial charge in [-0.05, 0) is 81.5 Å². The molecule has 0 spiro atoms. The average molecular weight is 515 g/mol. The number of aldehydes is 1. The number of carbonyl (C=O) groups is 2. The molecule has 0 bridgehead atoms. The van der Waals surface area contributed by atoms with E-state index in [4.69, 9.17) is 16.3 Å². The summed E-state index contributed by atoms with van der Waals surface area (Å²) in [5.74, 6) is 0.0672. The van der Waals surface area contributed by atoms with E-state index in [2.05, 4.69) is 22.4 Å². The average Bonchev–Trinajstić information content (AvgIpc) is 2.94. The Labute approximate surface area is 226 Å². The zero-order chi connectivity index (χ0) is 27.8. The fourth-order valence-electron chi connectivity index (χ4n) is 4.19. The van der Waals surface area contributed by atoms with Gasteiger partial charge in [-0.2, -0.15) is 10.5 Å². The molecule has 200 valence electrons. The van der Waals surface area contributed by atoms with Crippen molar-refractivity contribution in [1.82, 2.24) is 15.1 Å². The summed E-state index contributed by atoms with van der Waals surface area (Å²) in [6, 6.07) is 19.0. The molecule has 0 saturated carbocycles. The standard InChI is InChI=1S/C24H24N4O.C6H14N2O/c1-27-10-11-28-16-22(12-18-2-6-20(14-25)7-3-18)24(29)23(17-28)13-19-4-8-21(15-26)9-5-19;1-8(5-6-9)4-2-3-7/h2-9,12,23,27H,10-11,13,16-17H2,1H3;6H,2-5,7H2,1H3/b22-12+;. The molecule has 8 heteroatoms. The number of hydrogen-bond acceptors (Lipinski definition) is 8. The van der Waals surface area contributed by atoms with Gasteiger partial charge in [0.2, 0.25) is 0 Å². The van der Waals surface area contributed by atoms with E-state index < -0.39 is 0 Å². The Balaban J connectivity index is 0.000000484. The quantitative estimate of drug-likeness (QED) is 0.345. The highest BCUT2D eigenvalue weighted by molar-refractivity contribution is 6.02. The number of nitrogens with zero attached hydrogens (tertiary/aromatic N) is 4. The zero-order valence-electron chi connectivity index (χ0n) is 22.4. The van der Waals surface area contributed by atoms with Crippen molar-refractivity contribution in [3.8, 4) is 12.1 Å². The van der Waals surface area contributed by atoms with Crippen LogP contribution in [0.2, 0.25) is 0 Å². The van der Waals surface area contributed by atoms with E-state index in [9.17, 15) is 9.59 Å². The van der Waals surface area contributed by atoms with E-state index in [1.54, 1.807) is 24.3 Å². The van der Waals surface area contributed by atoms with Crippen LogP contribution in [0.25, 0.3) is 6.08 Å². The van der Waals surface area contributed by atoms with Gasteiger partial charge in [0.25, 0.3) is 0 Å². The van der Waals surface area contributed by atoms with Gasteiger partial charge in [0.15, 0.2) is 5.78 Å². The Hall–Kier alpha value is -3.66. The van der Waals surface area contributed by atoms with E-state index >= 15 is 0 Å². The number of carbonyl (C=O) groups excluding carboxylic acids is 2. The molecule has 0 aliphatic carbocycles. The number of benzene rings is 2. The van der Waals surface area contributed by atoms with Crippen molar-refractivity contribution in [3.63, 3.8) is 0 Å². The number of Topliss-reactive ketones (excluding diaryl/α,β-unsaturated/α-hetero) is 1. The SMILES string of the molecule is CN(CC=O)CCCN.CNCCN1C/C(=C\c2ccc(C#N)cc2)C(=O)C(Cc2ccc(C#N)cc2)C1. The first-order chi connectivity index (χ1) is 18.4. The zero-order valence-corrected chi connectivity index (χ0v) is 22.4. The van der Waals surface area contributed by atoms with Crippen LogP contribution in [-0.2, 0) is 16.0 Å². The second-order valence-corrected chi connectivity index (χ2v) is 9.39. The Morgan fingerprint density at radius 2 is 1.74 bits per heavy atom. The summed E-state index contributed by atoms with van der Waals surface area (Å²) >= 11 is 0. The van der Waals surface area contributed by atoms with Crippen LogP contribution in [0.4, 0.5) is 0 Å². The Kier molecular flexibility index (Phi) is 13.6. The largest absolute Gasteiger partial charge is 0.330 e. The number of nitrogens with one attached hydrogen (secondary N) is 1. The van der Waals surface area contributed by atoms with Crippen molar-refractivity contribution in [3.05, 3.63) is 76.4 Å². The molecule has 1 aliphatic heterocycles. The number of rotatable bonds is 11. The Morgan fingerprint density at radius 3 is 2.29 bits per heavy atom. The van der Waals surface area contributed by atoms with Crippen LogP contribution in [0.3, 0.4) is 0 Å². The third-order valence-corrected chi connectivity index (χ3v) is 6.31. The predicted molar refractivity (Wildman–Crippen MR) is 150 cm³/mol. The molecule has 2 aromatic rings. The van der Waals surface area contributed by atoms with Crippen LogP contribution in [0.1, 0.15) is 28.7 Å². The lowest BCUT2D eigenvalue weighted by Crippen LogP contribution is -2.45. The maximum atomic E-state index is 13.2. The second-order valence-electron chi connectivity index (χ2n) is 9.39. The Bertz CT molecular complexity index is 1130. The summed E-state index contributed by atoms with van der Waals surface area (Å²) in [5, 5.41) is 21.1. The molecule has 8 nitrogen and oxygen atoms in total. The normalized spacial score (nSPS) is 16.4. The fraction of sp³-hybridized carbons (Fsp3) is 0.400. The van der Waals surface area contributed by atoms with Crippen LogP contribution < -0.4 is 11.1 Å². The molecular weight excluding hydrogens is 476 g/mol. The second kappa shape index (κ2) is 17.0. The first-order valence-electron chi connectivity index (χ1n) is 12.9. The van der Waals surface area contributed by atoms with Gasteiger partial charge in [-0.25, -0.2) is 0 Å². The molecule has 1 atom stereocenters. The summed E-state index contributed by atoms with van der Waals surface area (Å²) in [4.78, 5) is 27.3. The first-order valence-corrected chi connectivity index (χ1v) is 12.9. The van der Waals surface area contributed by atoms with Crippen molar-refractivity contribution < 1.29 is 9.59 Å². The first kappa shape index (κ1) is 30.6. The van der Waals surface area contributed by atoms with E-state index in [-0.39, 0.29) is 11.7 Å². The molecule has 1 aliphatic rings. The van der Waals surface area contributed by atoms with Crippen LogP contribution >= 0.6 is 0 Å². The number of likely N-dealkylation sites (N-methyl/N-ethyl adjacent to an activating group) is 2. The highest BCUT2D eigenvalue weighted by Gasteiger charge is 2.30. The molecule has 2 aromatic carbocycles. The highest BCUT2D eigenvalue weighted by Crippen LogP contribution is 2.24. The number of ketones is 1. The van der Waals surface area contributed by atoms with Crippen LogP contribution in [0.15, 0.2) is 54.1 Å². The van der Waals surface area contributed by atoms with Crippen molar-refractivity contribution in [2.24, 2.45) is 11.7 Å². The summed E-state index contributed by atoms with van der Waals surface area (Å²) in [5.41, 5.74) is 9.29. The topological polar surface area (TPSA) is 126 Å². The lowest BCUT2D eigenvalue weighted by atomic mass is 9.86. The third-order valence-electron chi connectivity index (χ3n) is 6.31. The fourth-order valence-corrected chi connectivity index (χ4v) is 4.19. The van der Waals surface area contributed by atoms with Gasteiger partial charge in [0, 0.05) is 37.7 Å². The van der Waals surface area contributed by atoms with E-state index in [1.165, 1.54) is 0 Å². The molecule has 1 saturated heterocycles. The van der Waals surface area contributed by atoms with E-state index in [0.29, 0.717) is 37.2 Å². The van der Waals surface area contributed by atoms with Gasteiger partial charge in [0.1, 0.15) is 6.29 Å². The van der Waals surface area contributed by atoms with Crippen molar-refractivity contribution in [2.45, 2.75) is 12.8 Å². The molecule has 1 heterocycles. The molecular formula is C30H38N6O2. The van der Waals surface area contributed by atoms with Gasteiger partial charge in [-0.3, -0.25) is 14.6 Å². The van der Waals surface area contributed by atoms with Crippen LogP contribution in [-0.4, -0.2) is 81.8 Å². The minimum Gasteiger partial charge on any atom is -0.330 e. The molecule has 3 rings (SSSR count). The minimum absolute atomic E-state index is 0.113. The van der Waals surface area contributed by atoms with E-state index in [0.717, 1.165) is 55.6 Å². The maximum Gasteiger partial charge on any atom is 0.164 e. The van der Waals surface area contributed by atoms with E-state index in [1.807, 2.05) is 49.3 Å². The lowest BCUT2D eigenvalue weighted by Gasteiger charge is -2.33. The molecule has 1 unspecified atom stereocenters. The summed E-state index contributed by atoms with van der Waals surface area (Å²) in [6.07, 6.45) is 4.47. The van der Waals surface area contributed by atoms with Gasteiger partial charge in [-0.1, -0.05) is 24.3 Å². The van der Waals surface area contributed by atoms with Crippen molar-refractivity contribution in [2.75, 3.05) is 59.9 Å². The minimum atomic E-state index is -0.113. The smallest absolute Gasteiger partial charge is 0.164 e. The summed E-state index contributed by atoms with van der Waals surface area (Å²) < 4.78 is 0. The number of likely N-dealkylation sites (tertiary alicyclic amines) is 1. The lowest BCUT2D eigenvalue weighted by molar-refractivity contribution is -0.121. The number of hydrogen-bond donors (Lipinski definition) is 2. The van der Waals surface area contributed by atoms with Crippen LogP contribution in [0, 0.1) is 28.6 Å².